The lowest BCUT2D eigenvalue weighted by Gasteiger charge is -2.55. The second-order valence-corrected chi connectivity index (χ2v) is 10.7. The maximum Gasteiger partial charge on any atom is 0.334 e. The SMILES string of the molecule is CCC(CC(C)C)N1C[C@H]2N(C(=O)CN(C)N2C(=O)NCc2ccc(F)cc2)[C@@H](CCSC)C1=O. The Morgan fingerprint density at radius 2 is 1.91 bits per heavy atom. The number of carbonyl (C=O) groups is 3. The van der Waals surface area contributed by atoms with Gasteiger partial charge in [-0.1, -0.05) is 32.9 Å². The van der Waals surface area contributed by atoms with Crippen molar-refractivity contribution in [2.45, 2.75) is 64.8 Å². The highest BCUT2D eigenvalue weighted by molar-refractivity contribution is 7.98. The van der Waals surface area contributed by atoms with E-state index in [1.165, 1.54) is 12.1 Å². The number of hydrogen-bond donors (Lipinski definition) is 1. The first-order valence-corrected chi connectivity index (χ1v) is 13.7. The lowest BCUT2D eigenvalue weighted by Crippen LogP contribution is -2.76. The highest BCUT2D eigenvalue weighted by Crippen LogP contribution is 2.30. The summed E-state index contributed by atoms with van der Waals surface area (Å²) in [6, 6.07) is 5.08. The van der Waals surface area contributed by atoms with E-state index in [9.17, 15) is 18.8 Å². The van der Waals surface area contributed by atoms with Crippen LogP contribution in [-0.2, 0) is 16.1 Å². The average molecular weight is 508 g/mol. The van der Waals surface area contributed by atoms with Crippen LogP contribution in [0.4, 0.5) is 9.18 Å². The first-order valence-electron chi connectivity index (χ1n) is 12.3. The molecule has 1 aromatic carbocycles. The van der Waals surface area contributed by atoms with E-state index in [0.717, 1.165) is 24.2 Å². The Kier molecular flexibility index (Phi) is 9.40. The number of amides is 4. The fourth-order valence-corrected chi connectivity index (χ4v) is 5.48. The van der Waals surface area contributed by atoms with Crippen LogP contribution < -0.4 is 5.32 Å². The summed E-state index contributed by atoms with van der Waals surface area (Å²) in [5, 5.41) is 6.10. The molecule has 1 unspecified atom stereocenters. The molecule has 1 aromatic rings. The highest BCUT2D eigenvalue weighted by atomic mass is 32.2. The van der Waals surface area contributed by atoms with Gasteiger partial charge in [0.05, 0.1) is 13.1 Å². The number of piperazine rings is 1. The molecule has 2 fully saturated rings. The van der Waals surface area contributed by atoms with Crippen LogP contribution >= 0.6 is 11.8 Å². The zero-order valence-corrected chi connectivity index (χ0v) is 22.2. The maximum atomic E-state index is 13.7. The number of thioether (sulfide) groups is 1. The fourth-order valence-electron chi connectivity index (χ4n) is 5.02. The average Bonchev–Trinajstić information content (AvgIpc) is 2.81. The maximum absolute atomic E-state index is 13.7. The predicted molar refractivity (Wildman–Crippen MR) is 136 cm³/mol. The Bertz CT molecular complexity index is 900. The summed E-state index contributed by atoms with van der Waals surface area (Å²) in [4.78, 5) is 43.8. The molecule has 0 aromatic heterocycles. The third-order valence-electron chi connectivity index (χ3n) is 6.70. The van der Waals surface area contributed by atoms with E-state index in [-0.39, 0.29) is 49.3 Å². The lowest BCUT2D eigenvalue weighted by atomic mass is 9.96. The minimum atomic E-state index is -0.587. The van der Waals surface area contributed by atoms with Gasteiger partial charge >= 0.3 is 6.03 Å². The van der Waals surface area contributed by atoms with E-state index in [1.807, 2.05) is 11.2 Å². The van der Waals surface area contributed by atoms with Gasteiger partial charge < -0.3 is 15.1 Å². The van der Waals surface area contributed by atoms with Crippen LogP contribution in [0.2, 0.25) is 0 Å². The Hall–Kier alpha value is -2.33. The van der Waals surface area contributed by atoms with Gasteiger partial charge in [-0.25, -0.2) is 19.2 Å². The largest absolute Gasteiger partial charge is 0.334 e. The monoisotopic (exact) mass is 507 g/mol. The third-order valence-corrected chi connectivity index (χ3v) is 7.35. The van der Waals surface area contributed by atoms with Crippen molar-refractivity contribution in [3.8, 4) is 0 Å². The number of urea groups is 1. The summed E-state index contributed by atoms with van der Waals surface area (Å²) in [6.07, 6.45) is 3.63. The minimum Gasteiger partial charge on any atom is -0.334 e. The van der Waals surface area contributed by atoms with Gasteiger partial charge in [0.2, 0.25) is 11.8 Å². The Balaban J connectivity index is 1.88. The Morgan fingerprint density at radius 3 is 2.51 bits per heavy atom. The molecule has 4 amide bonds. The number of carbonyl (C=O) groups excluding carboxylic acids is 3. The first kappa shape index (κ1) is 27.3. The number of hydrogen-bond acceptors (Lipinski definition) is 5. The van der Waals surface area contributed by atoms with Crippen molar-refractivity contribution in [2.24, 2.45) is 5.92 Å². The number of rotatable bonds is 9. The molecule has 1 N–H and O–H groups in total. The number of nitrogens with zero attached hydrogens (tertiary/aromatic N) is 4. The van der Waals surface area contributed by atoms with Gasteiger partial charge in [-0.3, -0.25) is 9.59 Å². The number of halogens is 1. The molecule has 0 spiro atoms. The van der Waals surface area contributed by atoms with Gasteiger partial charge in [-0.15, -0.1) is 0 Å². The van der Waals surface area contributed by atoms with Crippen molar-refractivity contribution >= 4 is 29.6 Å². The minimum absolute atomic E-state index is 0.0206. The molecule has 2 aliphatic heterocycles. The van der Waals surface area contributed by atoms with Crippen molar-refractivity contribution in [2.75, 3.05) is 32.1 Å². The topological polar surface area (TPSA) is 76.2 Å². The van der Waals surface area contributed by atoms with E-state index in [2.05, 4.69) is 26.1 Å². The molecule has 3 atom stereocenters. The molecule has 35 heavy (non-hydrogen) atoms. The molecule has 0 saturated carbocycles. The van der Waals surface area contributed by atoms with Crippen LogP contribution in [0, 0.1) is 11.7 Å². The van der Waals surface area contributed by atoms with Crippen LogP contribution in [0.1, 0.15) is 45.6 Å². The molecule has 2 heterocycles. The van der Waals surface area contributed by atoms with Gasteiger partial charge in [-0.2, -0.15) is 11.8 Å². The Morgan fingerprint density at radius 1 is 1.23 bits per heavy atom. The number of likely N-dealkylation sites (N-methyl/N-ethyl adjacent to an activating group) is 1. The predicted octanol–water partition coefficient (Wildman–Crippen LogP) is 3.14. The summed E-state index contributed by atoms with van der Waals surface area (Å²) >= 11 is 1.64. The zero-order valence-electron chi connectivity index (χ0n) is 21.4. The molecule has 2 aliphatic rings. The van der Waals surface area contributed by atoms with Gasteiger partial charge in [0.25, 0.3) is 0 Å². The molecule has 0 aliphatic carbocycles. The van der Waals surface area contributed by atoms with Gasteiger partial charge in [0.1, 0.15) is 18.0 Å². The van der Waals surface area contributed by atoms with E-state index in [1.54, 1.807) is 45.9 Å². The Labute approximate surface area is 212 Å². The molecular formula is C25H38FN5O3S. The van der Waals surface area contributed by atoms with Crippen molar-refractivity contribution in [3.63, 3.8) is 0 Å². The second kappa shape index (κ2) is 12.1. The van der Waals surface area contributed by atoms with E-state index in [4.69, 9.17) is 0 Å². The number of fused-ring (bicyclic) bond motifs is 1. The zero-order chi connectivity index (χ0) is 25.7. The van der Waals surface area contributed by atoms with Crippen molar-refractivity contribution in [3.05, 3.63) is 35.6 Å². The molecular weight excluding hydrogens is 469 g/mol. The van der Waals surface area contributed by atoms with E-state index in [0.29, 0.717) is 12.3 Å². The molecule has 10 heteroatoms. The highest BCUT2D eigenvalue weighted by Gasteiger charge is 2.51. The number of benzene rings is 1. The van der Waals surface area contributed by atoms with E-state index < -0.39 is 12.2 Å². The van der Waals surface area contributed by atoms with Crippen molar-refractivity contribution < 1.29 is 18.8 Å². The number of hydrazine groups is 1. The van der Waals surface area contributed by atoms with Crippen LogP contribution in [0.25, 0.3) is 0 Å². The third kappa shape index (κ3) is 6.27. The molecule has 3 rings (SSSR count). The molecule has 2 saturated heterocycles. The summed E-state index contributed by atoms with van der Waals surface area (Å²) in [6.45, 7) is 6.89. The summed E-state index contributed by atoms with van der Waals surface area (Å²) < 4.78 is 13.2. The first-order chi connectivity index (χ1) is 16.7. The van der Waals surface area contributed by atoms with E-state index >= 15 is 0 Å². The molecule has 0 radical (unpaired) electrons. The van der Waals surface area contributed by atoms with Gasteiger partial charge in [0.15, 0.2) is 0 Å². The summed E-state index contributed by atoms with van der Waals surface area (Å²) in [5.41, 5.74) is 0.772. The quantitative estimate of drug-likeness (QED) is 0.556. The lowest BCUT2D eigenvalue weighted by molar-refractivity contribution is -0.189. The van der Waals surface area contributed by atoms with Crippen LogP contribution in [0.3, 0.4) is 0 Å². The summed E-state index contributed by atoms with van der Waals surface area (Å²) in [5.74, 6) is 0.665. The normalized spacial score (nSPS) is 22.0. The van der Waals surface area contributed by atoms with Crippen LogP contribution in [-0.4, -0.2) is 88.1 Å². The molecule has 194 valence electrons. The second-order valence-electron chi connectivity index (χ2n) is 9.71. The fraction of sp³-hybridized carbons (Fsp3) is 0.640. The van der Waals surface area contributed by atoms with Crippen LogP contribution in [0.15, 0.2) is 24.3 Å². The van der Waals surface area contributed by atoms with Crippen LogP contribution in [0.5, 0.6) is 0 Å². The summed E-state index contributed by atoms with van der Waals surface area (Å²) in [7, 11) is 1.72. The smallest absolute Gasteiger partial charge is 0.334 e. The van der Waals surface area contributed by atoms with Crippen molar-refractivity contribution in [1.82, 2.24) is 25.1 Å². The van der Waals surface area contributed by atoms with Crippen molar-refractivity contribution in [1.29, 1.82) is 0 Å². The number of nitrogens with one attached hydrogen (secondary N) is 1. The standard InChI is InChI=1S/C25H38FN5O3S/c1-6-20(13-17(2)3)29-15-22-30(21(24(29)33)11-12-35-5)23(32)16-28(4)31(22)25(34)27-14-18-7-9-19(26)10-8-18/h7-10,17,20-22H,6,11-16H2,1-5H3,(H,27,34)/t20?,21-,22-/m0/s1. The molecule has 8 nitrogen and oxygen atoms in total. The van der Waals surface area contributed by atoms with Gasteiger partial charge in [0, 0.05) is 19.6 Å². The van der Waals surface area contributed by atoms with Gasteiger partial charge in [-0.05, 0) is 54.9 Å². The molecule has 0 bridgehead atoms.